The molecule has 5 rings (SSSR count). The molecule has 6 heteroatoms. The molecule has 140 valence electrons. The average Bonchev–Trinajstić information content (AvgIpc) is 3.16. The molecule has 3 aromatic rings. The number of anilines is 1. The number of para-hydroxylation sites is 1. The van der Waals surface area contributed by atoms with Crippen LogP contribution in [0.2, 0.25) is 0 Å². The van der Waals surface area contributed by atoms with E-state index in [1.165, 1.54) is 16.8 Å². The Labute approximate surface area is 163 Å². The summed E-state index contributed by atoms with van der Waals surface area (Å²) >= 11 is 0. The van der Waals surface area contributed by atoms with Gasteiger partial charge in [0.15, 0.2) is 11.5 Å². The number of benzene rings is 2. The summed E-state index contributed by atoms with van der Waals surface area (Å²) in [6.07, 6.45) is 3.44. The van der Waals surface area contributed by atoms with Crippen LogP contribution in [0, 0.1) is 5.92 Å². The van der Waals surface area contributed by atoms with Crippen molar-refractivity contribution < 1.29 is 9.47 Å². The van der Waals surface area contributed by atoms with Gasteiger partial charge in [-0.2, -0.15) is 0 Å². The number of aromatic nitrogens is 2. The van der Waals surface area contributed by atoms with E-state index in [-0.39, 0.29) is 11.9 Å². The number of nitrogen functional groups attached to an aromatic ring is 1. The number of aliphatic imine (C=N–C) groups is 1. The highest BCUT2D eigenvalue weighted by Gasteiger charge is 2.29. The lowest BCUT2D eigenvalue weighted by atomic mass is 9.90. The molecule has 1 atom stereocenters. The number of nitrogens with two attached hydrogens (primary N) is 1. The van der Waals surface area contributed by atoms with Crippen molar-refractivity contribution in [2.75, 3.05) is 19.5 Å². The molecule has 0 saturated heterocycles. The minimum atomic E-state index is 0.269. The van der Waals surface area contributed by atoms with Crippen LogP contribution in [0.3, 0.4) is 0 Å². The number of ether oxygens (including phenoxy) is 2. The molecular formula is C22H20N4O2. The van der Waals surface area contributed by atoms with Gasteiger partial charge in [0.2, 0.25) is 5.95 Å². The van der Waals surface area contributed by atoms with Gasteiger partial charge < -0.3 is 15.2 Å². The van der Waals surface area contributed by atoms with Crippen LogP contribution in [0.4, 0.5) is 11.6 Å². The van der Waals surface area contributed by atoms with Gasteiger partial charge in [0.1, 0.15) is 0 Å². The van der Waals surface area contributed by atoms with E-state index in [2.05, 4.69) is 34.2 Å². The van der Waals surface area contributed by atoms with Gasteiger partial charge in [0.25, 0.3) is 0 Å². The van der Waals surface area contributed by atoms with Crippen molar-refractivity contribution in [2.45, 2.75) is 12.8 Å². The molecule has 3 heterocycles. The molecule has 1 unspecified atom stereocenters. The van der Waals surface area contributed by atoms with Crippen LogP contribution < -0.4 is 15.2 Å². The molecule has 0 aliphatic carbocycles. The maximum atomic E-state index is 6.04. The number of fused-ring (bicyclic) bond motifs is 2. The molecule has 0 saturated carbocycles. The SMILES string of the molecule is COc1cccc2c1OCC(C1=Nc3cc(-c4ccnc(N)n4)ccc3C1)C2. The zero-order valence-corrected chi connectivity index (χ0v) is 15.6. The monoisotopic (exact) mass is 372 g/mol. The van der Waals surface area contributed by atoms with Crippen molar-refractivity contribution in [3.63, 3.8) is 0 Å². The first-order valence-corrected chi connectivity index (χ1v) is 9.29. The highest BCUT2D eigenvalue weighted by molar-refractivity contribution is 5.96. The van der Waals surface area contributed by atoms with Gasteiger partial charge in [0.05, 0.1) is 25.1 Å². The first-order valence-electron chi connectivity index (χ1n) is 9.29. The summed E-state index contributed by atoms with van der Waals surface area (Å²) in [6.45, 7) is 0.621. The highest BCUT2D eigenvalue weighted by Crippen LogP contribution is 2.39. The molecule has 28 heavy (non-hydrogen) atoms. The Bertz CT molecular complexity index is 1090. The normalized spacial score (nSPS) is 17.3. The smallest absolute Gasteiger partial charge is 0.220 e. The Balaban J connectivity index is 1.41. The molecule has 0 amide bonds. The van der Waals surface area contributed by atoms with E-state index >= 15 is 0 Å². The van der Waals surface area contributed by atoms with Gasteiger partial charge in [-0.1, -0.05) is 24.3 Å². The Morgan fingerprint density at radius 2 is 2.07 bits per heavy atom. The second kappa shape index (κ2) is 6.64. The first-order chi connectivity index (χ1) is 13.7. The molecular weight excluding hydrogens is 352 g/mol. The third kappa shape index (κ3) is 2.87. The van der Waals surface area contributed by atoms with E-state index < -0.39 is 0 Å². The van der Waals surface area contributed by atoms with Gasteiger partial charge in [-0.25, -0.2) is 9.97 Å². The van der Waals surface area contributed by atoms with Crippen LogP contribution >= 0.6 is 0 Å². The number of methoxy groups -OCH3 is 1. The second-order valence-electron chi connectivity index (χ2n) is 7.08. The van der Waals surface area contributed by atoms with Crippen LogP contribution in [0.25, 0.3) is 11.3 Å². The zero-order valence-electron chi connectivity index (χ0n) is 15.6. The minimum absolute atomic E-state index is 0.269. The first kappa shape index (κ1) is 16.7. The molecule has 0 fully saturated rings. The summed E-state index contributed by atoms with van der Waals surface area (Å²) in [6, 6.07) is 14.2. The van der Waals surface area contributed by atoms with Crippen LogP contribution in [0.5, 0.6) is 11.5 Å². The minimum Gasteiger partial charge on any atom is -0.493 e. The van der Waals surface area contributed by atoms with Crippen molar-refractivity contribution in [3.05, 3.63) is 59.8 Å². The van der Waals surface area contributed by atoms with Crippen LogP contribution in [0.1, 0.15) is 11.1 Å². The van der Waals surface area contributed by atoms with Crippen molar-refractivity contribution in [1.82, 2.24) is 9.97 Å². The molecule has 0 bridgehead atoms. The fourth-order valence-corrected chi connectivity index (χ4v) is 3.91. The third-order valence-corrected chi connectivity index (χ3v) is 5.34. The summed E-state index contributed by atoms with van der Waals surface area (Å²) in [4.78, 5) is 13.2. The highest BCUT2D eigenvalue weighted by atomic mass is 16.5. The molecule has 1 aromatic heterocycles. The molecule has 0 spiro atoms. The van der Waals surface area contributed by atoms with E-state index in [9.17, 15) is 0 Å². The van der Waals surface area contributed by atoms with Crippen molar-refractivity contribution >= 4 is 17.3 Å². The van der Waals surface area contributed by atoms with Crippen LogP contribution in [-0.2, 0) is 12.8 Å². The molecule has 2 aliphatic heterocycles. The van der Waals surface area contributed by atoms with Crippen molar-refractivity contribution in [3.8, 4) is 22.8 Å². The lowest BCUT2D eigenvalue weighted by Crippen LogP contribution is -2.28. The average molecular weight is 372 g/mol. The van der Waals surface area contributed by atoms with Crippen molar-refractivity contribution in [2.24, 2.45) is 10.9 Å². The number of rotatable bonds is 3. The summed E-state index contributed by atoms with van der Waals surface area (Å²) in [5.74, 6) is 2.20. The second-order valence-corrected chi connectivity index (χ2v) is 7.08. The van der Waals surface area contributed by atoms with E-state index in [4.69, 9.17) is 20.2 Å². The summed E-state index contributed by atoms with van der Waals surface area (Å²) in [5.41, 5.74) is 12.1. The van der Waals surface area contributed by atoms with Gasteiger partial charge in [-0.05, 0) is 35.7 Å². The van der Waals surface area contributed by atoms with Gasteiger partial charge in [-0.3, -0.25) is 4.99 Å². The molecule has 2 aliphatic rings. The number of hydrogen-bond acceptors (Lipinski definition) is 6. The molecule has 2 aromatic carbocycles. The number of nitrogens with zero attached hydrogens (tertiary/aromatic N) is 3. The Hall–Kier alpha value is -3.41. The van der Waals surface area contributed by atoms with Gasteiger partial charge in [0, 0.05) is 29.8 Å². The third-order valence-electron chi connectivity index (χ3n) is 5.34. The van der Waals surface area contributed by atoms with Gasteiger partial charge >= 0.3 is 0 Å². The molecule has 6 nitrogen and oxygen atoms in total. The lowest BCUT2D eigenvalue weighted by molar-refractivity contribution is 0.244. The predicted molar refractivity (Wildman–Crippen MR) is 108 cm³/mol. The number of hydrogen-bond donors (Lipinski definition) is 1. The van der Waals surface area contributed by atoms with E-state index in [1.54, 1.807) is 13.3 Å². The standard InChI is InChI=1S/C22H20N4O2/c1-27-20-4-2-3-15-9-16(12-28-21(15)20)19-11-14-6-5-13(10-18(14)25-19)17-7-8-24-22(23)26-17/h2-8,10,16H,9,11-12H2,1H3,(H2,23,24,26). The summed E-state index contributed by atoms with van der Waals surface area (Å²) < 4.78 is 11.5. The van der Waals surface area contributed by atoms with E-state index in [0.717, 1.165) is 41.3 Å². The summed E-state index contributed by atoms with van der Waals surface area (Å²) in [7, 11) is 1.67. The quantitative estimate of drug-likeness (QED) is 0.759. The molecule has 2 N–H and O–H groups in total. The zero-order chi connectivity index (χ0) is 19.1. The Kier molecular flexibility index (Phi) is 3.97. The van der Waals surface area contributed by atoms with Gasteiger partial charge in [-0.15, -0.1) is 0 Å². The Morgan fingerprint density at radius 3 is 2.93 bits per heavy atom. The predicted octanol–water partition coefficient (Wildman–Crippen LogP) is 3.61. The molecule has 0 radical (unpaired) electrons. The largest absolute Gasteiger partial charge is 0.493 e. The summed E-state index contributed by atoms with van der Waals surface area (Å²) in [5, 5.41) is 0. The van der Waals surface area contributed by atoms with Crippen molar-refractivity contribution in [1.29, 1.82) is 0 Å². The van der Waals surface area contributed by atoms with Crippen LogP contribution in [0.15, 0.2) is 53.7 Å². The maximum Gasteiger partial charge on any atom is 0.220 e. The van der Waals surface area contributed by atoms with E-state index in [1.807, 2.05) is 18.2 Å². The fourth-order valence-electron chi connectivity index (χ4n) is 3.91. The topological polar surface area (TPSA) is 82.6 Å². The Morgan fingerprint density at radius 1 is 1.14 bits per heavy atom. The van der Waals surface area contributed by atoms with Crippen LogP contribution in [-0.4, -0.2) is 29.4 Å². The lowest BCUT2D eigenvalue weighted by Gasteiger charge is -2.26. The maximum absolute atomic E-state index is 6.04. The fraction of sp³-hybridized carbons (Fsp3) is 0.227. The van der Waals surface area contributed by atoms with E-state index in [0.29, 0.717) is 6.61 Å².